The molecule has 1 N–H and O–H groups in total. The lowest BCUT2D eigenvalue weighted by atomic mass is 10.2. The molecule has 1 aromatic carbocycles. The maximum atomic E-state index is 12.3. The van der Waals surface area contributed by atoms with Crippen LogP contribution in [0.15, 0.2) is 30.5 Å². The molecule has 12 heteroatoms. The predicted molar refractivity (Wildman–Crippen MR) is 95.7 cm³/mol. The SMILES string of the molecule is O=C(CN1CCOc2nc([N+](=O)[O-])cn2CC1)NCc1cccc(OC(F)F)c1. The minimum Gasteiger partial charge on any atom is -0.444 e. The lowest BCUT2D eigenvalue weighted by Crippen LogP contribution is -2.41. The largest absolute Gasteiger partial charge is 0.444 e. The molecule has 2 aromatic rings. The van der Waals surface area contributed by atoms with Gasteiger partial charge in [-0.25, -0.2) is 0 Å². The molecule has 156 valence electrons. The lowest BCUT2D eigenvalue weighted by molar-refractivity contribution is -0.389. The molecule has 1 aromatic heterocycles. The molecular weight excluding hydrogens is 392 g/mol. The number of hydrogen-bond donors (Lipinski definition) is 1. The summed E-state index contributed by atoms with van der Waals surface area (Å²) in [5, 5.41) is 13.6. The lowest BCUT2D eigenvalue weighted by Gasteiger charge is -2.23. The van der Waals surface area contributed by atoms with Crippen LogP contribution in [0.5, 0.6) is 11.8 Å². The van der Waals surface area contributed by atoms with E-state index in [9.17, 15) is 23.7 Å². The van der Waals surface area contributed by atoms with Crippen molar-refractivity contribution in [3.63, 3.8) is 0 Å². The number of fused-ring (bicyclic) bond motifs is 1. The molecule has 10 nitrogen and oxygen atoms in total. The molecule has 2 heterocycles. The van der Waals surface area contributed by atoms with Crippen molar-refractivity contribution in [2.24, 2.45) is 0 Å². The summed E-state index contributed by atoms with van der Waals surface area (Å²) < 4.78 is 35.9. The Morgan fingerprint density at radius 2 is 2.21 bits per heavy atom. The molecule has 0 atom stereocenters. The van der Waals surface area contributed by atoms with E-state index in [0.717, 1.165) is 0 Å². The zero-order valence-electron chi connectivity index (χ0n) is 15.3. The molecule has 0 saturated heterocycles. The highest BCUT2D eigenvalue weighted by Crippen LogP contribution is 2.19. The van der Waals surface area contributed by atoms with Gasteiger partial charge in [0.1, 0.15) is 18.6 Å². The number of carbonyl (C=O) groups is 1. The Bertz CT molecular complexity index is 876. The molecule has 0 aliphatic carbocycles. The van der Waals surface area contributed by atoms with Crippen molar-refractivity contribution in [1.29, 1.82) is 0 Å². The molecule has 0 radical (unpaired) electrons. The number of hydrogen-bond acceptors (Lipinski definition) is 7. The van der Waals surface area contributed by atoms with Crippen LogP contribution in [0, 0.1) is 10.1 Å². The number of halogens is 2. The maximum absolute atomic E-state index is 12.3. The van der Waals surface area contributed by atoms with Gasteiger partial charge in [-0.3, -0.25) is 14.3 Å². The molecule has 0 spiro atoms. The summed E-state index contributed by atoms with van der Waals surface area (Å²) in [6.07, 6.45) is 1.30. The third-order valence-electron chi connectivity index (χ3n) is 4.19. The average Bonchev–Trinajstić information content (AvgIpc) is 3.05. The summed E-state index contributed by atoms with van der Waals surface area (Å²) in [5.41, 5.74) is 0.628. The highest BCUT2D eigenvalue weighted by atomic mass is 19.3. The quantitative estimate of drug-likeness (QED) is 0.541. The first-order chi connectivity index (χ1) is 13.9. The van der Waals surface area contributed by atoms with E-state index in [1.807, 2.05) is 4.90 Å². The smallest absolute Gasteiger partial charge is 0.414 e. The number of carbonyl (C=O) groups excluding carboxylic acids is 1. The fraction of sp³-hybridized carbons (Fsp3) is 0.412. The molecule has 29 heavy (non-hydrogen) atoms. The molecule has 0 unspecified atom stereocenters. The normalized spacial score (nSPS) is 14.4. The molecule has 0 bridgehead atoms. The standard InChI is InChI=1S/C17H19F2N5O5/c18-16(19)29-13-3-1-2-12(8-13)9-20-15(25)11-22-4-5-23-10-14(24(26)27)21-17(23)28-7-6-22/h1-3,8,10,16H,4-7,9,11H2,(H,20,25). The van der Waals surface area contributed by atoms with Gasteiger partial charge in [0.05, 0.1) is 6.54 Å². The molecule has 0 saturated carbocycles. The van der Waals surface area contributed by atoms with E-state index < -0.39 is 11.5 Å². The van der Waals surface area contributed by atoms with E-state index in [-0.39, 0.29) is 43.2 Å². The number of nitro groups is 1. The molecule has 1 aliphatic rings. The molecule has 0 fully saturated rings. The second kappa shape index (κ2) is 9.28. The van der Waals surface area contributed by atoms with Gasteiger partial charge in [-0.1, -0.05) is 12.1 Å². The van der Waals surface area contributed by atoms with Gasteiger partial charge in [0.15, 0.2) is 0 Å². The molecule has 1 amide bonds. The molecule has 3 rings (SSSR count). The number of rotatable bonds is 7. The van der Waals surface area contributed by atoms with Crippen LogP contribution in [0.4, 0.5) is 14.6 Å². The van der Waals surface area contributed by atoms with Crippen molar-refractivity contribution < 1.29 is 28.0 Å². The Kier molecular flexibility index (Phi) is 6.54. The average molecular weight is 411 g/mol. The summed E-state index contributed by atoms with van der Waals surface area (Å²) in [6, 6.07) is 6.29. The van der Waals surface area contributed by atoms with Gasteiger partial charge in [-0.05, 0) is 22.6 Å². The van der Waals surface area contributed by atoms with Crippen molar-refractivity contribution in [3.05, 3.63) is 46.1 Å². The summed E-state index contributed by atoms with van der Waals surface area (Å²) in [4.78, 5) is 28.1. The van der Waals surface area contributed by atoms with E-state index in [1.165, 1.54) is 22.9 Å². The van der Waals surface area contributed by atoms with Crippen molar-refractivity contribution in [3.8, 4) is 11.8 Å². The number of amides is 1. The van der Waals surface area contributed by atoms with Crippen LogP contribution in [0.1, 0.15) is 5.56 Å². The number of alkyl halides is 2. The first kappa shape index (κ1) is 20.5. The Morgan fingerprint density at radius 3 is 2.97 bits per heavy atom. The van der Waals surface area contributed by atoms with Crippen molar-refractivity contribution >= 4 is 11.7 Å². The van der Waals surface area contributed by atoms with Crippen LogP contribution in [0.25, 0.3) is 0 Å². The fourth-order valence-electron chi connectivity index (χ4n) is 2.83. The van der Waals surface area contributed by atoms with Gasteiger partial charge in [0.2, 0.25) is 5.91 Å². The van der Waals surface area contributed by atoms with Crippen molar-refractivity contribution in [1.82, 2.24) is 19.8 Å². The number of aromatic nitrogens is 2. The topological polar surface area (TPSA) is 112 Å². The number of imidazole rings is 1. The maximum Gasteiger partial charge on any atom is 0.414 e. The van der Waals surface area contributed by atoms with Crippen LogP contribution in [0.3, 0.4) is 0 Å². The first-order valence-electron chi connectivity index (χ1n) is 8.78. The summed E-state index contributed by atoms with van der Waals surface area (Å²) >= 11 is 0. The highest BCUT2D eigenvalue weighted by molar-refractivity contribution is 5.78. The second-order valence-corrected chi connectivity index (χ2v) is 6.26. The van der Waals surface area contributed by atoms with Crippen LogP contribution < -0.4 is 14.8 Å². The number of nitrogens with zero attached hydrogens (tertiary/aromatic N) is 4. The predicted octanol–water partition coefficient (Wildman–Crippen LogP) is 1.40. The van der Waals surface area contributed by atoms with E-state index in [2.05, 4.69) is 15.0 Å². The third-order valence-corrected chi connectivity index (χ3v) is 4.19. The van der Waals surface area contributed by atoms with E-state index in [4.69, 9.17) is 4.74 Å². The van der Waals surface area contributed by atoms with Gasteiger partial charge in [-0.15, -0.1) is 0 Å². The number of benzene rings is 1. The number of ether oxygens (including phenoxy) is 2. The van der Waals surface area contributed by atoms with Crippen LogP contribution in [-0.2, 0) is 17.9 Å². The minimum absolute atomic E-state index is 0.0258. The van der Waals surface area contributed by atoms with Crippen LogP contribution >= 0.6 is 0 Å². The van der Waals surface area contributed by atoms with Gasteiger partial charge >= 0.3 is 18.4 Å². The monoisotopic (exact) mass is 411 g/mol. The summed E-state index contributed by atoms with van der Waals surface area (Å²) in [5.74, 6) is -0.510. The Balaban J connectivity index is 1.50. The zero-order chi connectivity index (χ0) is 20.8. The van der Waals surface area contributed by atoms with Crippen molar-refractivity contribution in [2.75, 3.05) is 26.2 Å². The zero-order valence-corrected chi connectivity index (χ0v) is 15.3. The highest BCUT2D eigenvalue weighted by Gasteiger charge is 2.23. The first-order valence-corrected chi connectivity index (χ1v) is 8.78. The van der Waals surface area contributed by atoms with Gasteiger partial charge in [-0.2, -0.15) is 8.78 Å². The van der Waals surface area contributed by atoms with E-state index in [0.29, 0.717) is 25.2 Å². The summed E-state index contributed by atoms with van der Waals surface area (Å²) in [6.45, 7) is -1.10. The van der Waals surface area contributed by atoms with Gasteiger partial charge < -0.3 is 24.9 Å². The third kappa shape index (κ3) is 5.85. The van der Waals surface area contributed by atoms with Gasteiger partial charge in [0, 0.05) is 31.2 Å². The molecular formula is C17H19F2N5O5. The Morgan fingerprint density at radius 1 is 1.38 bits per heavy atom. The van der Waals surface area contributed by atoms with E-state index >= 15 is 0 Å². The fourth-order valence-corrected chi connectivity index (χ4v) is 2.83. The van der Waals surface area contributed by atoms with Crippen LogP contribution in [0.2, 0.25) is 0 Å². The second-order valence-electron chi connectivity index (χ2n) is 6.26. The Hall–Kier alpha value is -3.28. The minimum atomic E-state index is -2.91. The molecule has 1 aliphatic heterocycles. The Labute approximate surface area is 164 Å². The number of nitrogens with one attached hydrogen (secondary N) is 1. The van der Waals surface area contributed by atoms with Crippen molar-refractivity contribution in [2.45, 2.75) is 19.7 Å². The van der Waals surface area contributed by atoms with Crippen LogP contribution in [-0.4, -0.2) is 58.1 Å². The van der Waals surface area contributed by atoms with Gasteiger partial charge in [0.25, 0.3) is 0 Å². The summed E-state index contributed by atoms with van der Waals surface area (Å²) in [7, 11) is 0. The van der Waals surface area contributed by atoms with E-state index in [1.54, 1.807) is 12.1 Å².